The van der Waals surface area contributed by atoms with E-state index in [-0.39, 0.29) is 23.3 Å². The lowest BCUT2D eigenvalue weighted by atomic mass is 10.0. The number of azo groups is 1. The highest BCUT2D eigenvalue weighted by Crippen LogP contribution is 2.26. The van der Waals surface area contributed by atoms with E-state index in [0.717, 1.165) is 0 Å². The standard InChI is InChI=1S/C12H10F2N2O2/c1-6-8(12(17)16-15-6)5-7-3-4-9(18-2)11(14)10(7)13/h3-4H,5H2,1-2H3. The van der Waals surface area contributed by atoms with Crippen LogP contribution in [0.3, 0.4) is 0 Å². The molecule has 0 saturated carbocycles. The third kappa shape index (κ3) is 2.01. The van der Waals surface area contributed by atoms with Crippen LogP contribution in [0.5, 0.6) is 5.75 Å². The summed E-state index contributed by atoms with van der Waals surface area (Å²) >= 11 is 0. The van der Waals surface area contributed by atoms with Gasteiger partial charge in [-0.25, -0.2) is 4.39 Å². The van der Waals surface area contributed by atoms with Gasteiger partial charge < -0.3 is 4.74 Å². The number of methoxy groups -OCH3 is 1. The first-order valence-corrected chi connectivity index (χ1v) is 5.21. The molecule has 0 unspecified atom stereocenters. The topological polar surface area (TPSA) is 51.0 Å². The molecule has 0 bridgehead atoms. The van der Waals surface area contributed by atoms with Crippen LogP contribution in [-0.4, -0.2) is 13.0 Å². The first-order chi connectivity index (χ1) is 8.54. The first-order valence-electron chi connectivity index (χ1n) is 5.21. The van der Waals surface area contributed by atoms with Gasteiger partial charge in [0.2, 0.25) is 5.82 Å². The Morgan fingerprint density at radius 1 is 1.22 bits per heavy atom. The Labute approximate surface area is 102 Å². The molecule has 0 radical (unpaired) electrons. The van der Waals surface area contributed by atoms with Crippen molar-refractivity contribution >= 4 is 5.91 Å². The molecule has 1 heterocycles. The third-order valence-electron chi connectivity index (χ3n) is 2.70. The maximum Gasteiger partial charge on any atom is 0.293 e. The number of hydrogen-bond donors (Lipinski definition) is 0. The lowest BCUT2D eigenvalue weighted by Crippen LogP contribution is -2.04. The Morgan fingerprint density at radius 3 is 2.50 bits per heavy atom. The molecule has 1 aromatic carbocycles. The number of carbonyl (C=O) groups is 1. The molecule has 0 N–H and O–H groups in total. The van der Waals surface area contributed by atoms with E-state index in [0.29, 0.717) is 5.70 Å². The lowest BCUT2D eigenvalue weighted by Gasteiger charge is -2.07. The molecule has 0 saturated heterocycles. The van der Waals surface area contributed by atoms with Crippen LogP contribution in [0.15, 0.2) is 33.6 Å². The zero-order chi connectivity index (χ0) is 13.3. The van der Waals surface area contributed by atoms with E-state index in [9.17, 15) is 13.6 Å². The van der Waals surface area contributed by atoms with Crippen molar-refractivity contribution in [2.24, 2.45) is 10.2 Å². The molecule has 6 heteroatoms. The van der Waals surface area contributed by atoms with Crippen molar-refractivity contribution in [3.63, 3.8) is 0 Å². The highest BCUT2D eigenvalue weighted by atomic mass is 19.2. The number of halogens is 2. The molecule has 4 nitrogen and oxygen atoms in total. The smallest absolute Gasteiger partial charge is 0.293 e. The summed E-state index contributed by atoms with van der Waals surface area (Å²) in [5, 5.41) is 6.95. The van der Waals surface area contributed by atoms with Crippen LogP contribution in [0.25, 0.3) is 0 Å². The minimum Gasteiger partial charge on any atom is -0.494 e. The van der Waals surface area contributed by atoms with Crippen LogP contribution in [0.2, 0.25) is 0 Å². The summed E-state index contributed by atoms with van der Waals surface area (Å²) in [5.74, 6) is -2.76. The lowest BCUT2D eigenvalue weighted by molar-refractivity contribution is -0.114. The first kappa shape index (κ1) is 12.3. The summed E-state index contributed by atoms with van der Waals surface area (Å²) in [4.78, 5) is 11.3. The van der Waals surface area contributed by atoms with E-state index in [2.05, 4.69) is 15.0 Å². The van der Waals surface area contributed by atoms with Gasteiger partial charge in [-0.1, -0.05) is 6.07 Å². The van der Waals surface area contributed by atoms with E-state index in [1.807, 2.05) is 0 Å². The average molecular weight is 252 g/mol. The Morgan fingerprint density at radius 2 is 1.94 bits per heavy atom. The van der Waals surface area contributed by atoms with Crippen LogP contribution in [0.4, 0.5) is 8.78 Å². The second kappa shape index (κ2) is 4.64. The molecule has 1 aliphatic rings. The molecule has 2 rings (SSSR count). The van der Waals surface area contributed by atoms with Crippen LogP contribution >= 0.6 is 0 Å². The second-order valence-corrected chi connectivity index (χ2v) is 3.80. The second-order valence-electron chi connectivity index (χ2n) is 3.80. The average Bonchev–Trinajstić information content (AvgIpc) is 2.67. The normalized spacial score (nSPS) is 14.6. The fourth-order valence-corrected chi connectivity index (χ4v) is 1.66. The fraction of sp³-hybridized carbons (Fsp3) is 0.250. The van der Waals surface area contributed by atoms with Gasteiger partial charge in [0.15, 0.2) is 11.6 Å². The highest BCUT2D eigenvalue weighted by molar-refractivity contribution is 5.96. The summed E-state index contributed by atoms with van der Waals surface area (Å²) in [6.45, 7) is 1.60. The van der Waals surface area contributed by atoms with Gasteiger partial charge in [0, 0.05) is 12.0 Å². The number of amides is 1. The molecular weight excluding hydrogens is 242 g/mol. The van der Waals surface area contributed by atoms with E-state index in [1.54, 1.807) is 6.92 Å². The molecule has 94 valence electrons. The maximum atomic E-state index is 13.7. The molecule has 0 spiro atoms. The minimum absolute atomic E-state index is 0.0373. The molecule has 1 aromatic rings. The Kier molecular flexibility index (Phi) is 3.18. The van der Waals surface area contributed by atoms with Crippen LogP contribution in [0, 0.1) is 11.6 Å². The van der Waals surface area contributed by atoms with Crippen molar-refractivity contribution in [3.05, 3.63) is 40.6 Å². The maximum absolute atomic E-state index is 13.7. The predicted octanol–water partition coefficient (Wildman–Crippen LogP) is 2.78. The summed E-state index contributed by atoms with van der Waals surface area (Å²) in [6, 6.07) is 2.69. The summed E-state index contributed by atoms with van der Waals surface area (Å²) in [7, 11) is 1.25. The van der Waals surface area contributed by atoms with Crippen molar-refractivity contribution in [2.75, 3.05) is 7.11 Å². The third-order valence-corrected chi connectivity index (χ3v) is 2.70. The Bertz CT molecular complexity index is 580. The summed E-state index contributed by atoms with van der Waals surface area (Å²) in [5.41, 5.74) is 0.775. The molecular formula is C12H10F2N2O2. The molecule has 0 atom stereocenters. The van der Waals surface area contributed by atoms with Gasteiger partial charge in [0.1, 0.15) is 0 Å². The number of ether oxygens (including phenoxy) is 1. The van der Waals surface area contributed by atoms with E-state index >= 15 is 0 Å². The molecule has 0 aliphatic carbocycles. The van der Waals surface area contributed by atoms with Crippen molar-refractivity contribution in [1.29, 1.82) is 0 Å². The molecule has 1 amide bonds. The van der Waals surface area contributed by atoms with Gasteiger partial charge in [-0.2, -0.15) is 9.50 Å². The van der Waals surface area contributed by atoms with Gasteiger partial charge in [0.25, 0.3) is 5.91 Å². The van der Waals surface area contributed by atoms with Crippen molar-refractivity contribution in [3.8, 4) is 5.75 Å². The van der Waals surface area contributed by atoms with Crippen molar-refractivity contribution < 1.29 is 18.3 Å². The minimum atomic E-state index is -1.06. The number of allylic oxidation sites excluding steroid dienone is 1. The van der Waals surface area contributed by atoms with Crippen molar-refractivity contribution in [2.45, 2.75) is 13.3 Å². The number of nitrogens with zero attached hydrogens (tertiary/aromatic N) is 2. The number of hydrogen-bond acceptors (Lipinski definition) is 3. The molecule has 1 aliphatic heterocycles. The van der Waals surface area contributed by atoms with E-state index in [1.165, 1.54) is 19.2 Å². The number of rotatable bonds is 3. The van der Waals surface area contributed by atoms with Crippen LogP contribution < -0.4 is 4.74 Å². The molecule has 0 aromatic heterocycles. The quantitative estimate of drug-likeness (QED) is 0.830. The van der Waals surface area contributed by atoms with E-state index in [4.69, 9.17) is 0 Å². The van der Waals surface area contributed by atoms with Crippen molar-refractivity contribution in [1.82, 2.24) is 0 Å². The number of carbonyl (C=O) groups excluding carboxylic acids is 1. The van der Waals surface area contributed by atoms with Crippen LogP contribution in [-0.2, 0) is 11.2 Å². The fourth-order valence-electron chi connectivity index (χ4n) is 1.66. The Hall–Kier alpha value is -2.11. The summed E-state index contributed by atoms with van der Waals surface area (Å²) in [6.07, 6.45) is -0.0373. The zero-order valence-electron chi connectivity index (χ0n) is 9.83. The number of benzene rings is 1. The summed E-state index contributed by atoms with van der Waals surface area (Å²) < 4.78 is 31.9. The van der Waals surface area contributed by atoms with Gasteiger partial charge in [-0.05, 0) is 18.6 Å². The monoisotopic (exact) mass is 252 g/mol. The van der Waals surface area contributed by atoms with E-state index < -0.39 is 17.5 Å². The largest absolute Gasteiger partial charge is 0.494 e. The molecule has 0 fully saturated rings. The van der Waals surface area contributed by atoms with Gasteiger partial charge >= 0.3 is 0 Å². The predicted molar refractivity (Wildman–Crippen MR) is 59.2 cm³/mol. The van der Waals surface area contributed by atoms with Gasteiger partial charge in [0.05, 0.1) is 12.8 Å². The van der Waals surface area contributed by atoms with Crippen LogP contribution in [0.1, 0.15) is 12.5 Å². The Balaban J connectivity index is 2.34. The molecule has 18 heavy (non-hydrogen) atoms. The van der Waals surface area contributed by atoms with Gasteiger partial charge in [-0.3, -0.25) is 4.79 Å². The zero-order valence-corrected chi connectivity index (χ0v) is 9.83. The van der Waals surface area contributed by atoms with Gasteiger partial charge in [-0.15, -0.1) is 5.11 Å². The SMILES string of the molecule is COc1ccc(CC2=C(C)N=NC2=O)c(F)c1F. The highest BCUT2D eigenvalue weighted by Gasteiger charge is 2.22.